The van der Waals surface area contributed by atoms with Gasteiger partial charge >= 0.3 is 5.97 Å². The highest BCUT2D eigenvalue weighted by Gasteiger charge is 2.27. The van der Waals surface area contributed by atoms with Crippen LogP contribution in [0.25, 0.3) is 27.9 Å². The number of methoxy groups -OCH3 is 3. The minimum Gasteiger partial charge on any atom is -0.493 e. The van der Waals surface area contributed by atoms with E-state index in [9.17, 15) is 4.79 Å². The van der Waals surface area contributed by atoms with Crippen LogP contribution in [0.5, 0.6) is 17.2 Å². The SMILES string of the molecule is CCOC(=O)c1c(N)n(-c2cc(OC)c(OC)c(OC)c2)c2nc3ccccc3nc12. The number of rotatable bonds is 6. The highest BCUT2D eigenvalue weighted by molar-refractivity contribution is 6.09. The Labute approximate surface area is 178 Å². The van der Waals surface area contributed by atoms with E-state index in [1.54, 1.807) is 23.6 Å². The first-order chi connectivity index (χ1) is 15.0. The molecule has 0 atom stereocenters. The molecule has 160 valence electrons. The van der Waals surface area contributed by atoms with Gasteiger partial charge in [-0.15, -0.1) is 0 Å². The molecule has 0 aliphatic heterocycles. The second kappa shape index (κ2) is 8.02. The molecule has 0 aliphatic carbocycles. The molecule has 0 spiro atoms. The van der Waals surface area contributed by atoms with E-state index in [-0.39, 0.29) is 18.0 Å². The number of nitrogens with zero attached hydrogens (tertiary/aromatic N) is 3. The summed E-state index contributed by atoms with van der Waals surface area (Å²) in [6.07, 6.45) is 0. The number of fused-ring (bicyclic) bond motifs is 2. The summed E-state index contributed by atoms with van der Waals surface area (Å²) in [5.41, 5.74) is 9.25. The molecule has 0 amide bonds. The Kier molecular flexibility index (Phi) is 5.24. The Morgan fingerprint density at radius 2 is 1.61 bits per heavy atom. The average Bonchev–Trinajstić information content (AvgIpc) is 3.07. The van der Waals surface area contributed by atoms with Crippen molar-refractivity contribution in [3.8, 4) is 22.9 Å². The van der Waals surface area contributed by atoms with Crippen LogP contribution in [0.3, 0.4) is 0 Å². The van der Waals surface area contributed by atoms with E-state index < -0.39 is 5.97 Å². The van der Waals surface area contributed by atoms with Crippen molar-refractivity contribution in [3.05, 3.63) is 42.0 Å². The molecule has 0 fully saturated rings. The number of hydrogen-bond acceptors (Lipinski definition) is 8. The van der Waals surface area contributed by atoms with E-state index in [1.165, 1.54) is 21.3 Å². The zero-order valence-corrected chi connectivity index (χ0v) is 17.6. The Hall–Kier alpha value is -4.01. The third kappa shape index (κ3) is 3.24. The molecule has 9 nitrogen and oxygen atoms in total. The average molecular weight is 422 g/mol. The molecule has 2 aromatic carbocycles. The number of carbonyl (C=O) groups excluding carboxylic acids is 1. The largest absolute Gasteiger partial charge is 0.493 e. The van der Waals surface area contributed by atoms with Gasteiger partial charge in [0.25, 0.3) is 0 Å². The molecule has 0 bridgehead atoms. The number of nitrogen functional groups attached to an aromatic ring is 1. The fourth-order valence-electron chi connectivity index (χ4n) is 3.52. The number of ether oxygens (including phenoxy) is 4. The van der Waals surface area contributed by atoms with Gasteiger partial charge in [0.05, 0.1) is 44.7 Å². The van der Waals surface area contributed by atoms with Gasteiger partial charge in [-0.1, -0.05) is 12.1 Å². The summed E-state index contributed by atoms with van der Waals surface area (Å²) in [5.74, 6) is 0.888. The molecule has 4 aromatic rings. The van der Waals surface area contributed by atoms with Gasteiger partial charge in [-0.3, -0.25) is 4.57 Å². The van der Waals surface area contributed by atoms with Crippen molar-refractivity contribution in [2.24, 2.45) is 0 Å². The van der Waals surface area contributed by atoms with Gasteiger partial charge in [0.2, 0.25) is 5.75 Å². The van der Waals surface area contributed by atoms with Crippen LogP contribution in [0.1, 0.15) is 17.3 Å². The summed E-state index contributed by atoms with van der Waals surface area (Å²) in [6.45, 7) is 1.93. The zero-order chi connectivity index (χ0) is 22.1. The lowest BCUT2D eigenvalue weighted by Gasteiger charge is -2.15. The Morgan fingerprint density at radius 3 is 2.16 bits per heavy atom. The molecular formula is C22H22N4O5. The molecule has 2 N–H and O–H groups in total. The van der Waals surface area contributed by atoms with Crippen LogP contribution in [0.15, 0.2) is 36.4 Å². The van der Waals surface area contributed by atoms with Crippen LogP contribution >= 0.6 is 0 Å². The van der Waals surface area contributed by atoms with Gasteiger partial charge in [0.15, 0.2) is 17.1 Å². The second-order valence-electron chi connectivity index (χ2n) is 6.58. The fourth-order valence-corrected chi connectivity index (χ4v) is 3.52. The van der Waals surface area contributed by atoms with Crippen molar-refractivity contribution in [1.82, 2.24) is 14.5 Å². The molecular weight excluding hydrogens is 400 g/mol. The normalized spacial score (nSPS) is 11.0. The van der Waals surface area contributed by atoms with Crippen molar-refractivity contribution in [2.45, 2.75) is 6.92 Å². The quantitative estimate of drug-likeness (QED) is 0.471. The lowest BCUT2D eigenvalue weighted by Crippen LogP contribution is -2.09. The summed E-state index contributed by atoms with van der Waals surface area (Å²) < 4.78 is 23.2. The number of hydrogen-bond donors (Lipinski definition) is 1. The molecule has 31 heavy (non-hydrogen) atoms. The molecule has 2 aromatic heterocycles. The third-order valence-electron chi connectivity index (χ3n) is 4.89. The molecule has 0 radical (unpaired) electrons. The Morgan fingerprint density at radius 1 is 1.00 bits per heavy atom. The van der Waals surface area contributed by atoms with E-state index in [1.807, 2.05) is 24.3 Å². The van der Waals surface area contributed by atoms with Crippen molar-refractivity contribution >= 4 is 34.0 Å². The maximum absolute atomic E-state index is 12.8. The van der Waals surface area contributed by atoms with Crippen LogP contribution in [0.4, 0.5) is 5.82 Å². The summed E-state index contributed by atoms with van der Waals surface area (Å²) in [5, 5.41) is 0. The van der Waals surface area contributed by atoms with E-state index in [0.29, 0.717) is 45.1 Å². The van der Waals surface area contributed by atoms with Crippen molar-refractivity contribution in [1.29, 1.82) is 0 Å². The molecule has 0 saturated carbocycles. The monoisotopic (exact) mass is 422 g/mol. The molecule has 0 aliphatic rings. The predicted molar refractivity (Wildman–Crippen MR) is 116 cm³/mol. The maximum Gasteiger partial charge on any atom is 0.344 e. The van der Waals surface area contributed by atoms with Crippen LogP contribution in [0, 0.1) is 0 Å². The number of carbonyl (C=O) groups is 1. The van der Waals surface area contributed by atoms with Gasteiger partial charge in [0.1, 0.15) is 16.9 Å². The second-order valence-corrected chi connectivity index (χ2v) is 6.58. The van der Waals surface area contributed by atoms with Gasteiger partial charge in [-0.2, -0.15) is 0 Å². The standard InChI is InChI=1S/C22H22N4O5/c1-5-31-22(27)17-18-21(25-14-9-7-6-8-13(14)24-18)26(20(17)23)12-10-15(28-2)19(30-4)16(11-12)29-3/h6-11H,5,23H2,1-4H3. The zero-order valence-electron chi connectivity index (χ0n) is 17.6. The van der Waals surface area contributed by atoms with Gasteiger partial charge < -0.3 is 24.7 Å². The first-order valence-electron chi connectivity index (χ1n) is 9.58. The van der Waals surface area contributed by atoms with E-state index in [2.05, 4.69) is 4.98 Å². The molecule has 0 unspecified atom stereocenters. The number of benzene rings is 2. The van der Waals surface area contributed by atoms with E-state index >= 15 is 0 Å². The smallest absolute Gasteiger partial charge is 0.344 e. The van der Waals surface area contributed by atoms with Crippen LogP contribution in [0.2, 0.25) is 0 Å². The fraction of sp³-hybridized carbons (Fsp3) is 0.227. The van der Waals surface area contributed by atoms with Crippen molar-refractivity contribution < 1.29 is 23.7 Å². The summed E-state index contributed by atoms with van der Waals surface area (Å²) in [6, 6.07) is 10.8. The van der Waals surface area contributed by atoms with Crippen molar-refractivity contribution in [2.75, 3.05) is 33.7 Å². The topological polar surface area (TPSA) is 111 Å². The number of nitrogens with two attached hydrogens (primary N) is 1. The van der Waals surface area contributed by atoms with Gasteiger partial charge in [-0.05, 0) is 19.1 Å². The predicted octanol–water partition coefficient (Wildman–Crippen LogP) is 3.36. The first kappa shape index (κ1) is 20.3. The van der Waals surface area contributed by atoms with Gasteiger partial charge in [-0.25, -0.2) is 14.8 Å². The highest BCUT2D eigenvalue weighted by atomic mass is 16.5. The summed E-state index contributed by atoms with van der Waals surface area (Å²) >= 11 is 0. The molecule has 4 rings (SSSR count). The minimum absolute atomic E-state index is 0.151. The number of esters is 1. The lowest BCUT2D eigenvalue weighted by atomic mass is 10.2. The Bertz CT molecular complexity index is 1270. The van der Waals surface area contributed by atoms with Crippen LogP contribution in [-0.2, 0) is 4.74 Å². The summed E-state index contributed by atoms with van der Waals surface area (Å²) in [4.78, 5) is 22.1. The van der Waals surface area contributed by atoms with E-state index in [0.717, 1.165) is 0 Å². The maximum atomic E-state index is 12.8. The number of para-hydroxylation sites is 2. The van der Waals surface area contributed by atoms with Crippen molar-refractivity contribution in [3.63, 3.8) is 0 Å². The molecule has 9 heteroatoms. The number of anilines is 1. The number of aromatic nitrogens is 3. The third-order valence-corrected chi connectivity index (χ3v) is 4.89. The summed E-state index contributed by atoms with van der Waals surface area (Å²) in [7, 11) is 4.57. The molecule has 2 heterocycles. The van der Waals surface area contributed by atoms with Crippen LogP contribution < -0.4 is 19.9 Å². The molecule has 0 saturated heterocycles. The highest BCUT2D eigenvalue weighted by Crippen LogP contribution is 2.41. The minimum atomic E-state index is -0.569. The first-order valence-corrected chi connectivity index (χ1v) is 9.58. The Balaban J connectivity index is 2.10. The van der Waals surface area contributed by atoms with E-state index in [4.69, 9.17) is 29.7 Å². The van der Waals surface area contributed by atoms with Gasteiger partial charge in [0, 0.05) is 12.1 Å². The van der Waals surface area contributed by atoms with Crippen LogP contribution in [-0.4, -0.2) is 48.4 Å². The lowest BCUT2D eigenvalue weighted by molar-refractivity contribution is 0.0529.